The summed E-state index contributed by atoms with van der Waals surface area (Å²) in [6, 6.07) is 6.48. The van der Waals surface area contributed by atoms with Crippen LogP contribution in [0.3, 0.4) is 0 Å². The molecule has 0 aromatic heterocycles. The van der Waals surface area contributed by atoms with E-state index in [0.29, 0.717) is 5.69 Å². The van der Waals surface area contributed by atoms with Gasteiger partial charge in [0.2, 0.25) is 0 Å². The molecule has 1 N–H and O–H groups in total. The zero-order chi connectivity index (χ0) is 13.1. The van der Waals surface area contributed by atoms with Crippen LogP contribution >= 0.6 is 0 Å². The first-order chi connectivity index (χ1) is 7.81. The lowest BCUT2D eigenvalue weighted by molar-refractivity contribution is -0.123. The molecule has 1 aromatic rings. The summed E-state index contributed by atoms with van der Waals surface area (Å²) in [6.45, 7) is -1.33. The first-order valence-electron chi connectivity index (χ1n) is 4.92. The highest BCUT2D eigenvalue weighted by molar-refractivity contribution is 5.99. The highest BCUT2D eigenvalue weighted by atomic mass is 19.4. The van der Waals surface area contributed by atoms with Crippen LogP contribution in [0.2, 0.25) is 0 Å². The van der Waals surface area contributed by atoms with Crippen LogP contribution in [0.1, 0.15) is 10.4 Å². The molecule has 0 spiro atoms. The Bertz CT molecular complexity index is 402. The third-order valence-corrected chi connectivity index (χ3v) is 2.08. The van der Waals surface area contributed by atoms with E-state index in [9.17, 15) is 18.0 Å². The van der Waals surface area contributed by atoms with Crippen molar-refractivity contribution in [2.24, 2.45) is 0 Å². The topological polar surface area (TPSA) is 32.3 Å². The number of rotatable bonds is 3. The molecule has 3 nitrogen and oxygen atoms in total. The van der Waals surface area contributed by atoms with Crippen molar-refractivity contribution >= 4 is 11.6 Å². The maximum absolute atomic E-state index is 12.0. The lowest BCUT2D eigenvalue weighted by atomic mass is 10.1. The second-order valence-electron chi connectivity index (χ2n) is 3.71. The summed E-state index contributed by atoms with van der Waals surface area (Å²) in [5.41, 5.74) is 0.800. The summed E-state index contributed by atoms with van der Waals surface area (Å²) >= 11 is 0. The van der Waals surface area contributed by atoms with Gasteiger partial charge in [-0.1, -0.05) is 12.1 Å². The average molecular weight is 246 g/mol. The summed E-state index contributed by atoms with van der Waals surface area (Å²) in [5, 5.41) is 1.84. The van der Waals surface area contributed by atoms with Crippen LogP contribution < -0.4 is 10.2 Å². The Morgan fingerprint density at radius 2 is 1.88 bits per heavy atom. The highest BCUT2D eigenvalue weighted by Crippen LogP contribution is 2.18. The van der Waals surface area contributed by atoms with E-state index in [2.05, 4.69) is 0 Å². The number of hydrogen-bond acceptors (Lipinski definition) is 2. The van der Waals surface area contributed by atoms with Crippen LogP contribution in [0.15, 0.2) is 24.3 Å². The van der Waals surface area contributed by atoms with Crippen molar-refractivity contribution in [1.29, 1.82) is 0 Å². The van der Waals surface area contributed by atoms with Crippen LogP contribution in [-0.4, -0.2) is 32.7 Å². The monoisotopic (exact) mass is 246 g/mol. The number of carbonyl (C=O) groups is 1. The molecule has 94 valence electrons. The molecule has 1 aromatic carbocycles. The zero-order valence-corrected chi connectivity index (χ0v) is 9.51. The molecule has 1 rings (SSSR count). The summed E-state index contributed by atoms with van der Waals surface area (Å²) in [4.78, 5) is 13.2. The second kappa shape index (κ2) is 5.07. The van der Waals surface area contributed by atoms with Crippen molar-refractivity contribution in [3.63, 3.8) is 0 Å². The fourth-order valence-corrected chi connectivity index (χ4v) is 1.33. The van der Waals surface area contributed by atoms with E-state index in [1.165, 1.54) is 6.07 Å². The lowest BCUT2D eigenvalue weighted by Gasteiger charge is -2.17. The van der Waals surface area contributed by atoms with Gasteiger partial charge >= 0.3 is 6.18 Å². The van der Waals surface area contributed by atoms with Gasteiger partial charge < -0.3 is 10.2 Å². The number of benzene rings is 1. The Labute approximate surface area is 97.2 Å². The number of anilines is 1. The molecule has 0 aliphatic rings. The molecule has 6 heteroatoms. The first kappa shape index (κ1) is 13.3. The SMILES string of the molecule is CN(C)c1ccccc1C(=O)NCC(F)(F)F. The van der Waals surface area contributed by atoms with E-state index in [1.807, 2.05) is 5.32 Å². The van der Waals surface area contributed by atoms with E-state index in [0.717, 1.165) is 0 Å². The molecule has 0 saturated carbocycles. The number of nitrogens with one attached hydrogen (secondary N) is 1. The zero-order valence-electron chi connectivity index (χ0n) is 9.51. The largest absolute Gasteiger partial charge is 0.405 e. The van der Waals surface area contributed by atoms with Crippen LogP contribution in [0, 0.1) is 0 Å². The maximum atomic E-state index is 12.0. The van der Waals surface area contributed by atoms with E-state index < -0.39 is 18.6 Å². The van der Waals surface area contributed by atoms with Crippen molar-refractivity contribution in [3.05, 3.63) is 29.8 Å². The molecule has 0 fully saturated rings. The minimum atomic E-state index is -4.40. The quantitative estimate of drug-likeness (QED) is 0.885. The van der Waals surface area contributed by atoms with Crippen LogP contribution in [0.4, 0.5) is 18.9 Å². The normalized spacial score (nSPS) is 11.1. The Kier molecular flexibility index (Phi) is 3.98. The molecule has 0 saturated heterocycles. The third-order valence-electron chi connectivity index (χ3n) is 2.08. The smallest absolute Gasteiger partial charge is 0.377 e. The van der Waals surface area contributed by atoms with Crippen molar-refractivity contribution in [1.82, 2.24) is 5.32 Å². The van der Waals surface area contributed by atoms with Crippen LogP contribution in [-0.2, 0) is 0 Å². The van der Waals surface area contributed by atoms with Crippen molar-refractivity contribution < 1.29 is 18.0 Å². The van der Waals surface area contributed by atoms with Gasteiger partial charge in [0.15, 0.2) is 0 Å². The minimum absolute atomic E-state index is 0.224. The van der Waals surface area contributed by atoms with E-state index in [1.54, 1.807) is 37.2 Å². The van der Waals surface area contributed by atoms with Gasteiger partial charge in [-0.25, -0.2) is 0 Å². The van der Waals surface area contributed by atoms with Crippen LogP contribution in [0.5, 0.6) is 0 Å². The number of alkyl halides is 3. The molecule has 0 aliphatic carbocycles. The number of para-hydroxylation sites is 1. The Balaban J connectivity index is 2.82. The average Bonchev–Trinajstić information content (AvgIpc) is 2.25. The van der Waals surface area contributed by atoms with Gasteiger partial charge in [0.05, 0.1) is 5.56 Å². The fourth-order valence-electron chi connectivity index (χ4n) is 1.33. The first-order valence-corrected chi connectivity index (χ1v) is 4.92. The number of amides is 1. The molecule has 0 radical (unpaired) electrons. The number of halogens is 3. The summed E-state index contributed by atoms with van der Waals surface area (Å²) in [7, 11) is 3.44. The Morgan fingerprint density at radius 1 is 1.29 bits per heavy atom. The standard InChI is InChI=1S/C11H13F3N2O/c1-16(2)9-6-4-3-5-8(9)10(17)15-7-11(12,13)14/h3-6H,7H2,1-2H3,(H,15,17). The van der Waals surface area contributed by atoms with Crippen molar-refractivity contribution in [2.45, 2.75) is 6.18 Å². The van der Waals surface area contributed by atoms with Gasteiger partial charge in [-0.05, 0) is 12.1 Å². The molecule has 0 unspecified atom stereocenters. The number of carbonyl (C=O) groups excluding carboxylic acids is 1. The molecule has 1 amide bonds. The Hall–Kier alpha value is -1.72. The predicted molar refractivity (Wildman–Crippen MR) is 59.2 cm³/mol. The summed E-state index contributed by atoms with van der Waals surface area (Å²) < 4.78 is 35.9. The molecular weight excluding hydrogens is 233 g/mol. The van der Waals surface area contributed by atoms with Gasteiger partial charge in [0.25, 0.3) is 5.91 Å². The number of hydrogen-bond donors (Lipinski definition) is 1. The molecule has 0 bridgehead atoms. The van der Waals surface area contributed by atoms with Gasteiger partial charge in [0, 0.05) is 19.8 Å². The van der Waals surface area contributed by atoms with Gasteiger partial charge in [-0.3, -0.25) is 4.79 Å². The van der Waals surface area contributed by atoms with Gasteiger partial charge in [-0.15, -0.1) is 0 Å². The third kappa shape index (κ3) is 3.97. The van der Waals surface area contributed by atoms with E-state index >= 15 is 0 Å². The molecule has 0 atom stereocenters. The van der Waals surface area contributed by atoms with Crippen molar-refractivity contribution in [2.75, 3.05) is 25.5 Å². The second-order valence-corrected chi connectivity index (χ2v) is 3.71. The minimum Gasteiger partial charge on any atom is -0.377 e. The highest BCUT2D eigenvalue weighted by Gasteiger charge is 2.28. The molecule has 0 heterocycles. The van der Waals surface area contributed by atoms with E-state index in [-0.39, 0.29) is 5.56 Å². The Morgan fingerprint density at radius 3 is 2.41 bits per heavy atom. The number of nitrogens with zero attached hydrogens (tertiary/aromatic N) is 1. The molecule has 17 heavy (non-hydrogen) atoms. The van der Waals surface area contributed by atoms with Crippen LogP contribution in [0.25, 0.3) is 0 Å². The van der Waals surface area contributed by atoms with E-state index in [4.69, 9.17) is 0 Å². The predicted octanol–water partition coefficient (Wildman–Crippen LogP) is 2.04. The van der Waals surface area contributed by atoms with Gasteiger partial charge in [-0.2, -0.15) is 13.2 Å². The van der Waals surface area contributed by atoms with Gasteiger partial charge in [0.1, 0.15) is 6.54 Å². The van der Waals surface area contributed by atoms with Crippen molar-refractivity contribution in [3.8, 4) is 0 Å². The summed E-state index contributed by atoms with van der Waals surface area (Å²) in [6.07, 6.45) is -4.40. The lowest BCUT2D eigenvalue weighted by Crippen LogP contribution is -2.34. The fraction of sp³-hybridized carbons (Fsp3) is 0.364. The summed E-state index contributed by atoms with van der Waals surface area (Å²) in [5.74, 6) is -0.730. The molecule has 0 aliphatic heterocycles. The molecular formula is C11H13F3N2O. The maximum Gasteiger partial charge on any atom is 0.405 e.